The molecule has 0 saturated heterocycles. The summed E-state index contributed by atoms with van der Waals surface area (Å²) in [6.07, 6.45) is 3.31. The average Bonchev–Trinajstić information content (AvgIpc) is 3.04. The maximum absolute atomic E-state index is 9.09. The lowest BCUT2D eigenvalue weighted by Crippen LogP contribution is -2.29. The summed E-state index contributed by atoms with van der Waals surface area (Å²) in [4.78, 5) is 4.43. The van der Waals surface area contributed by atoms with E-state index < -0.39 is 0 Å². The smallest absolute Gasteiger partial charge is 0.163 e. The summed E-state index contributed by atoms with van der Waals surface area (Å²) in [5.41, 5.74) is 1.56. The van der Waals surface area contributed by atoms with Gasteiger partial charge in [-0.2, -0.15) is 5.26 Å². The van der Waals surface area contributed by atoms with Crippen molar-refractivity contribution >= 4 is 0 Å². The molecule has 0 radical (unpaired) electrons. The molecular weight excluding hydrogens is 228 g/mol. The Labute approximate surface area is 105 Å². The predicted octanol–water partition coefficient (Wildman–Crippen LogP) is 1.24. The zero-order valence-electron chi connectivity index (χ0n) is 10.0. The highest BCUT2D eigenvalue weighted by Crippen LogP contribution is 2.16. The van der Waals surface area contributed by atoms with Gasteiger partial charge in [0, 0.05) is 32.5 Å². The van der Waals surface area contributed by atoms with Crippen LogP contribution in [-0.2, 0) is 25.9 Å². The van der Waals surface area contributed by atoms with Crippen molar-refractivity contribution in [2.45, 2.75) is 25.9 Å². The summed E-state index contributed by atoms with van der Waals surface area (Å²) in [5, 5.41) is 12.4. The minimum Gasteiger partial charge on any atom is -0.469 e. The summed E-state index contributed by atoms with van der Waals surface area (Å²) < 4.78 is 7.48. The molecule has 0 bridgehead atoms. The van der Waals surface area contributed by atoms with E-state index in [-0.39, 0.29) is 0 Å². The normalized spacial score (nSPS) is 14.2. The Kier molecular flexibility index (Phi) is 2.87. The zero-order chi connectivity index (χ0) is 12.4. The first-order valence-electron chi connectivity index (χ1n) is 6.10. The van der Waals surface area contributed by atoms with Gasteiger partial charge in [0.15, 0.2) is 5.69 Å². The Morgan fingerprint density at radius 2 is 2.44 bits per heavy atom. The topological polar surface area (TPSA) is 66.8 Å². The number of nitriles is 1. The van der Waals surface area contributed by atoms with E-state index in [4.69, 9.17) is 9.68 Å². The molecule has 0 aromatic carbocycles. The van der Waals surface area contributed by atoms with Crippen LogP contribution in [0.25, 0.3) is 0 Å². The number of aromatic nitrogens is 2. The maximum Gasteiger partial charge on any atom is 0.163 e. The Morgan fingerprint density at radius 1 is 1.50 bits per heavy atom. The molecule has 92 valence electrons. The fourth-order valence-electron chi connectivity index (χ4n) is 2.35. The highest BCUT2D eigenvalue weighted by atomic mass is 16.3. The monoisotopic (exact) mass is 242 g/mol. The highest BCUT2D eigenvalue weighted by molar-refractivity contribution is 5.30. The van der Waals surface area contributed by atoms with Gasteiger partial charge in [-0.05, 0) is 12.1 Å². The summed E-state index contributed by atoms with van der Waals surface area (Å²) in [5.74, 6) is 1.94. The second-order valence-electron chi connectivity index (χ2n) is 4.34. The van der Waals surface area contributed by atoms with Crippen molar-refractivity contribution in [2.75, 3.05) is 6.54 Å². The van der Waals surface area contributed by atoms with Crippen LogP contribution in [0.15, 0.2) is 22.8 Å². The van der Waals surface area contributed by atoms with Crippen molar-refractivity contribution in [3.05, 3.63) is 41.4 Å². The van der Waals surface area contributed by atoms with Crippen LogP contribution in [0.4, 0.5) is 0 Å². The number of hydrogen-bond acceptors (Lipinski definition) is 4. The number of fused-ring (bicyclic) bond motifs is 1. The largest absolute Gasteiger partial charge is 0.469 e. The number of aryl methyl sites for hydroxylation is 2. The Hall–Kier alpha value is -2.06. The van der Waals surface area contributed by atoms with Crippen LogP contribution >= 0.6 is 0 Å². The number of nitrogens with one attached hydrogen (secondary N) is 1. The Bertz CT molecular complexity index is 577. The van der Waals surface area contributed by atoms with E-state index in [2.05, 4.69) is 20.9 Å². The van der Waals surface area contributed by atoms with Gasteiger partial charge in [-0.3, -0.25) is 0 Å². The van der Waals surface area contributed by atoms with Crippen molar-refractivity contribution in [1.29, 1.82) is 5.26 Å². The molecule has 3 rings (SSSR count). The fourth-order valence-corrected chi connectivity index (χ4v) is 2.35. The molecule has 3 heterocycles. The molecule has 0 aliphatic carbocycles. The fraction of sp³-hybridized carbons (Fsp3) is 0.385. The SMILES string of the molecule is N#Cc1nc(CCc2ccco2)n2c1CNCC2. The molecule has 0 fully saturated rings. The van der Waals surface area contributed by atoms with Gasteiger partial charge in [-0.1, -0.05) is 0 Å². The van der Waals surface area contributed by atoms with Crippen molar-refractivity contribution in [2.24, 2.45) is 0 Å². The number of rotatable bonds is 3. The number of furan rings is 1. The molecule has 0 amide bonds. The minimum atomic E-state index is 0.552. The van der Waals surface area contributed by atoms with Crippen molar-refractivity contribution in [1.82, 2.24) is 14.9 Å². The molecule has 1 N–H and O–H groups in total. The first kappa shape index (κ1) is 11.1. The Morgan fingerprint density at radius 3 is 3.22 bits per heavy atom. The van der Waals surface area contributed by atoms with Gasteiger partial charge in [-0.15, -0.1) is 0 Å². The van der Waals surface area contributed by atoms with Crippen molar-refractivity contribution in [3.8, 4) is 6.07 Å². The average molecular weight is 242 g/mol. The maximum atomic E-state index is 9.09. The first-order chi connectivity index (χ1) is 8.88. The van der Waals surface area contributed by atoms with Gasteiger partial charge in [0.05, 0.1) is 12.0 Å². The molecule has 2 aromatic rings. The molecule has 5 nitrogen and oxygen atoms in total. The van der Waals surface area contributed by atoms with Crippen LogP contribution in [0.2, 0.25) is 0 Å². The van der Waals surface area contributed by atoms with Gasteiger partial charge in [0.1, 0.15) is 17.7 Å². The highest BCUT2D eigenvalue weighted by Gasteiger charge is 2.19. The van der Waals surface area contributed by atoms with E-state index in [9.17, 15) is 0 Å². The molecular formula is C13H14N4O. The lowest BCUT2D eigenvalue weighted by atomic mass is 10.2. The van der Waals surface area contributed by atoms with Crippen LogP contribution in [0, 0.1) is 11.3 Å². The molecule has 2 aromatic heterocycles. The third-order valence-corrected chi connectivity index (χ3v) is 3.24. The van der Waals surface area contributed by atoms with Crippen LogP contribution in [0.5, 0.6) is 0 Å². The number of imidazole rings is 1. The van der Waals surface area contributed by atoms with Gasteiger partial charge in [0.2, 0.25) is 0 Å². The van der Waals surface area contributed by atoms with E-state index in [1.54, 1.807) is 6.26 Å². The third-order valence-electron chi connectivity index (χ3n) is 3.24. The van der Waals surface area contributed by atoms with E-state index in [1.807, 2.05) is 12.1 Å². The van der Waals surface area contributed by atoms with Crippen LogP contribution in [-0.4, -0.2) is 16.1 Å². The number of nitrogens with zero attached hydrogens (tertiary/aromatic N) is 3. The van der Waals surface area contributed by atoms with E-state index in [0.717, 1.165) is 49.8 Å². The summed E-state index contributed by atoms with van der Waals surface area (Å²) in [6, 6.07) is 6.03. The molecule has 0 saturated carbocycles. The van der Waals surface area contributed by atoms with E-state index in [0.29, 0.717) is 5.69 Å². The molecule has 1 aliphatic heterocycles. The van der Waals surface area contributed by atoms with E-state index >= 15 is 0 Å². The predicted molar refractivity (Wildman–Crippen MR) is 64.8 cm³/mol. The van der Waals surface area contributed by atoms with E-state index in [1.165, 1.54) is 0 Å². The third kappa shape index (κ3) is 1.91. The zero-order valence-corrected chi connectivity index (χ0v) is 10.0. The van der Waals surface area contributed by atoms with Gasteiger partial charge >= 0.3 is 0 Å². The standard InChI is InChI=1S/C13H14N4O/c14-8-11-12-9-15-5-6-17(12)13(16-11)4-3-10-2-1-7-18-10/h1-2,7,15H,3-6,9H2. The van der Waals surface area contributed by atoms with Crippen molar-refractivity contribution in [3.63, 3.8) is 0 Å². The second-order valence-corrected chi connectivity index (χ2v) is 4.34. The van der Waals surface area contributed by atoms with Crippen LogP contribution < -0.4 is 5.32 Å². The van der Waals surface area contributed by atoms with Crippen LogP contribution in [0.3, 0.4) is 0 Å². The van der Waals surface area contributed by atoms with Gasteiger partial charge < -0.3 is 14.3 Å². The lowest BCUT2D eigenvalue weighted by molar-refractivity contribution is 0.484. The Balaban J connectivity index is 1.83. The summed E-state index contributed by atoms with van der Waals surface area (Å²) >= 11 is 0. The van der Waals surface area contributed by atoms with Crippen LogP contribution in [0.1, 0.15) is 23.0 Å². The lowest BCUT2D eigenvalue weighted by Gasteiger charge is -2.17. The molecule has 5 heteroatoms. The number of hydrogen-bond donors (Lipinski definition) is 1. The van der Waals surface area contributed by atoms with Gasteiger partial charge in [0.25, 0.3) is 0 Å². The van der Waals surface area contributed by atoms with Gasteiger partial charge in [-0.25, -0.2) is 4.98 Å². The molecule has 1 aliphatic rings. The summed E-state index contributed by atoms with van der Waals surface area (Å²) in [6.45, 7) is 2.55. The second kappa shape index (κ2) is 4.67. The molecule has 18 heavy (non-hydrogen) atoms. The molecule has 0 spiro atoms. The first-order valence-corrected chi connectivity index (χ1v) is 6.10. The van der Waals surface area contributed by atoms with Crippen molar-refractivity contribution < 1.29 is 4.42 Å². The molecule has 0 unspecified atom stereocenters. The molecule has 0 atom stereocenters. The minimum absolute atomic E-state index is 0.552. The quantitative estimate of drug-likeness (QED) is 0.879. The summed E-state index contributed by atoms with van der Waals surface area (Å²) in [7, 11) is 0.